The van der Waals surface area contributed by atoms with Gasteiger partial charge < -0.3 is 25.4 Å². The van der Waals surface area contributed by atoms with Gasteiger partial charge in [0.15, 0.2) is 0 Å². The number of nitrogens with one attached hydrogen (secondary N) is 2. The Morgan fingerprint density at radius 2 is 1.95 bits per heavy atom. The standard InChI is InChI=1S/C28H30N4O5/c1-2-37-23-11-9-20(10-12-23)24(16-27(34)35)31-28(36)21-15-26(33)32(18-21)22-7-5-6-19(14-22)17-30-25-8-3-4-13-29-25/h3-14,21,24H,2,15-18H2,1H3,(H,29,30)(H,31,36)(H,34,35). The third kappa shape index (κ3) is 6.84. The lowest BCUT2D eigenvalue weighted by Gasteiger charge is -2.21. The van der Waals surface area contributed by atoms with Gasteiger partial charge in [-0.2, -0.15) is 0 Å². The highest BCUT2D eigenvalue weighted by Crippen LogP contribution is 2.28. The fourth-order valence-electron chi connectivity index (χ4n) is 4.31. The van der Waals surface area contributed by atoms with Crippen LogP contribution >= 0.6 is 0 Å². The summed E-state index contributed by atoms with van der Waals surface area (Å²) in [4.78, 5) is 43.3. The molecule has 1 fully saturated rings. The molecule has 192 valence electrons. The van der Waals surface area contributed by atoms with E-state index in [9.17, 15) is 19.5 Å². The summed E-state index contributed by atoms with van der Waals surface area (Å²) in [5, 5.41) is 15.5. The van der Waals surface area contributed by atoms with Crippen LogP contribution in [-0.2, 0) is 20.9 Å². The minimum absolute atomic E-state index is 0.0608. The summed E-state index contributed by atoms with van der Waals surface area (Å²) in [7, 11) is 0. The van der Waals surface area contributed by atoms with Crippen molar-refractivity contribution in [2.45, 2.75) is 32.4 Å². The van der Waals surface area contributed by atoms with Gasteiger partial charge in [-0.15, -0.1) is 0 Å². The predicted molar refractivity (Wildman–Crippen MR) is 139 cm³/mol. The maximum atomic E-state index is 13.1. The topological polar surface area (TPSA) is 121 Å². The lowest BCUT2D eigenvalue weighted by atomic mass is 10.0. The Kier molecular flexibility index (Phi) is 8.35. The first kappa shape index (κ1) is 25.7. The minimum atomic E-state index is -1.03. The highest BCUT2D eigenvalue weighted by Gasteiger charge is 2.36. The maximum Gasteiger partial charge on any atom is 0.305 e. The van der Waals surface area contributed by atoms with Crippen LogP contribution in [0, 0.1) is 5.92 Å². The van der Waals surface area contributed by atoms with E-state index in [-0.39, 0.29) is 31.2 Å². The van der Waals surface area contributed by atoms with Gasteiger partial charge in [0.1, 0.15) is 11.6 Å². The average molecular weight is 503 g/mol. The molecule has 0 bridgehead atoms. The molecule has 2 amide bonds. The zero-order valence-electron chi connectivity index (χ0n) is 20.6. The Morgan fingerprint density at radius 1 is 1.14 bits per heavy atom. The summed E-state index contributed by atoms with van der Waals surface area (Å²) in [6, 6.07) is 19.5. The minimum Gasteiger partial charge on any atom is -0.494 e. The summed E-state index contributed by atoms with van der Waals surface area (Å²) in [5.74, 6) is -0.678. The monoisotopic (exact) mass is 502 g/mol. The summed E-state index contributed by atoms with van der Waals surface area (Å²) in [5.41, 5.74) is 2.35. The van der Waals surface area contributed by atoms with Gasteiger partial charge in [-0.3, -0.25) is 14.4 Å². The Morgan fingerprint density at radius 3 is 2.65 bits per heavy atom. The molecule has 3 N–H and O–H groups in total. The van der Waals surface area contributed by atoms with Crippen LogP contribution in [0.3, 0.4) is 0 Å². The maximum absolute atomic E-state index is 13.1. The van der Waals surface area contributed by atoms with E-state index in [1.54, 1.807) is 35.4 Å². The number of carbonyl (C=O) groups excluding carboxylic acids is 2. The number of nitrogens with zero attached hydrogens (tertiary/aromatic N) is 2. The zero-order valence-corrected chi connectivity index (χ0v) is 20.6. The molecule has 1 aliphatic rings. The molecule has 0 radical (unpaired) electrons. The average Bonchev–Trinajstić information content (AvgIpc) is 3.30. The summed E-state index contributed by atoms with van der Waals surface area (Å²) >= 11 is 0. The molecule has 0 saturated carbocycles. The number of carboxylic acid groups (broad SMARTS) is 1. The Balaban J connectivity index is 1.41. The normalized spacial score (nSPS) is 15.8. The van der Waals surface area contributed by atoms with Gasteiger partial charge >= 0.3 is 5.97 Å². The second-order valence-electron chi connectivity index (χ2n) is 8.80. The molecule has 4 rings (SSSR count). The smallest absolute Gasteiger partial charge is 0.305 e. The van der Waals surface area contributed by atoms with Crippen molar-refractivity contribution < 1.29 is 24.2 Å². The molecule has 3 aromatic rings. The van der Waals surface area contributed by atoms with E-state index in [0.717, 1.165) is 11.4 Å². The van der Waals surface area contributed by atoms with Crippen molar-refractivity contribution in [3.63, 3.8) is 0 Å². The van der Waals surface area contributed by atoms with Crippen LogP contribution in [0.15, 0.2) is 72.9 Å². The van der Waals surface area contributed by atoms with Crippen LogP contribution in [0.1, 0.15) is 36.9 Å². The molecule has 0 aliphatic carbocycles. The number of ether oxygens (including phenoxy) is 1. The van der Waals surface area contributed by atoms with Gasteiger partial charge in [-0.1, -0.05) is 30.3 Å². The van der Waals surface area contributed by atoms with Crippen molar-refractivity contribution >= 4 is 29.3 Å². The molecule has 1 aliphatic heterocycles. The fraction of sp³-hybridized carbons (Fsp3) is 0.286. The van der Waals surface area contributed by atoms with Crippen molar-refractivity contribution in [1.29, 1.82) is 0 Å². The lowest BCUT2D eigenvalue weighted by molar-refractivity contribution is -0.138. The number of pyridine rings is 1. The van der Waals surface area contributed by atoms with Gasteiger partial charge in [0.25, 0.3) is 0 Å². The molecule has 2 heterocycles. The number of anilines is 2. The van der Waals surface area contributed by atoms with Crippen molar-refractivity contribution in [2.75, 3.05) is 23.4 Å². The molecule has 9 nitrogen and oxygen atoms in total. The molecule has 1 saturated heterocycles. The summed E-state index contributed by atoms with van der Waals surface area (Å²) in [6.07, 6.45) is 1.50. The molecule has 1 aromatic heterocycles. The van der Waals surface area contributed by atoms with Gasteiger partial charge in [0, 0.05) is 31.4 Å². The number of hydrogen-bond donors (Lipinski definition) is 3. The number of aliphatic carboxylic acids is 1. The van der Waals surface area contributed by atoms with E-state index in [0.29, 0.717) is 30.2 Å². The molecular weight excluding hydrogens is 472 g/mol. The third-order valence-electron chi connectivity index (χ3n) is 6.15. The van der Waals surface area contributed by atoms with Crippen LogP contribution in [0.5, 0.6) is 5.75 Å². The van der Waals surface area contributed by atoms with Gasteiger partial charge in [0.2, 0.25) is 11.8 Å². The molecule has 2 atom stereocenters. The van der Waals surface area contributed by atoms with E-state index >= 15 is 0 Å². The quantitative estimate of drug-likeness (QED) is 0.365. The first-order chi connectivity index (χ1) is 17.9. The number of aromatic nitrogens is 1. The molecule has 2 aromatic carbocycles. The summed E-state index contributed by atoms with van der Waals surface area (Å²) < 4.78 is 5.44. The number of carboxylic acids is 1. The summed E-state index contributed by atoms with van der Waals surface area (Å²) in [6.45, 7) is 3.16. The Hall–Kier alpha value is -4.40. The second kappa shape index (κ2) is 12.0. The van der Waals surface area contributed by atoms with E-state index in [4.69, 9.17) is 4.74 Å². The lowest BCUT2D eigenvalue weighted by Crippen LogP contribution is -2.36. The predicted octanol–water partition coefficient (Wildman–Crippen LogP) is 3.78. The molecule has 37 heavy (non-hydrogen) atoms. The molecule has 0 spiro atoms. The third-order valence-corrected chi connectivity index (χ3v) is 6.15. The Bertz CT molecular complexity index is 1230. The fourth-order valence-corrected chi connectivity index (χ4v) is 4.31. The number of hydrogen-bond acceptors (Lipinski definition) is 6. The largest absolute Gasteiger partial charge is 0.494 e. The van der Waals surface area contributed by atoms with Crippen molar-refractivity contribution in [1.82, 2.24) is 10.3 Å². The first-order valence-electron chi connectivity index (χ1n) is 12.2. The highest BCUT2D eigenvalue weighted by atomic mass is 16.5. The zero-order chi connectivity index (χ0) is 26.2. The van der Waals surface area contributed by atoms with E-state index < -0.39 is 17.9 Å². The van der Waals surface area contributed by atoms with Crippen LogP contribution in [0.4, 0.5) is 11.5 Å². The Labute approximate surface area is 215 Å². The van der Waals surface area contributed by atoms with Gasteiger partial charge in [-0.05, 0) is 54.4 Å². The highest BCUT2D eigenvalue weighted by molar-refractivity contribution is 6.00. The number of amides is 2. The van der Waals surface area contributed by atoms with E-state index in [2.05, 4.69) is 15.6 Å². The van der Waals surface area contributed by atoms with Crippen molar-refractivity contribution in [3.8, 4) is 5.75 Å². The van der Waals surface area contributed by atoms with Crippen LogP contribution in [0.25, 0.3) is 0 Å². The van der Waals surface area contributed by atoms with Crippen molar-refractivity contribution in [3.05, 3.63) is 84.1 Å². The molecule has 9 heteroatoms. The SMILES string of the molecule is CCOc1ccc(C(CC(=O)O)NC(=O)C2CC(=O)N(c3cccc(CNc4ccccn4)c3)C2)cc1. The van der Waals surface area contributed by atoms with E-state index in [1.807, 2.05) is 49.4 Å². The van der Waals surface area contributed by atoms with Gasteiger partial charge in [-0.25, -0.2) is 4.98 Å². The van der Waals surface area contributed by atoms with Gasteiger partial charge in [0.05, 0.1) is 25.0 Å². The molecule has 2 unspecified atom stereocenters. The van der Waals surface area contributed by atoms with Crippen molar-refractivity contribution in [2.24, 2.45) is 5.92 Å². The number of carbonyl (C=O) groups is 3. The number of rotatable bonds is 11. The number of benzene rings is 2. The first-order valence-corrected chi connectivity index (χ1v) is 12.2. The van der Waals surface area contributed by atoms with Crippen LogP contribution < -0.4 is 20.3 Å². The van der Waals surface area contributed by atoms with E-state index in [1.165, 1.54) is 0 Å². The van der Waals surface area contributed by atoms with Crippen LogP contribution in [-0.4, -0.2) is 41.0 Å². The molecular formula is C28H30N4O5. The second-order valence-corrected chi connectivity index (χ2v) is 8.80. The van der Waals surface area contributed by atoms with Crippen LogP contribution in [0.2, 0.25) is 0 Å².